The molecule has 0 amide bonds. The van der Waals surface area contributed by atoms with Crippen LogP contribution in [-0.4, -0.2) is 11.3 Å². The molecular formula is C14H12F4N2O. The highest BCUT2D eigenvalue weighted by Gasteiger charge is 2.31. The molecule has 0 radical (unpaired) electrons. The van der Waals surface area contributed by atoms with Gasteiger partial charge in [-0.2, -0.15) is 0 Å². The lowest BCUT2D eigenvalue weighted by Gasteiger charge is -2.16. The van der Waals surface area contributed by atoms with Gasteiger partial charge >= 0.3 is 6.36 Å². The molecule has 0 aliphatic carbocycles. The molecule has 0 aliphatic rings. The molecule has 2 aromatic rings. The zero-order chi connectivity index (χ0) is 15.6. The third-order valence-electron chi connectivity index (χ3n) is 2.87. The molecule has 1 aromatic heterocycles. The van der Waals surface area contributed by atoms with Crippen LogP contribution in [0.15, 0.2) is 36.5 Å². The summed E-state index contributed by atoms with van der Waals surface area (Å²) >= 11 is 0. The number of hydrogen-bond donors (Lipinski definition) is 1. The Kier molecular flexibility index (Phi) is 4.13. The van der Waals surface area contributed by atoms with Gasteiger partial charge in [0.05, 0.1) is 11.7 Å². The Morgan fingerprint density at radius 1 is 1.24 bits per heavy atom. The van der Waals surface area contributed by atoms with Crippen molar-refractivity contribution in [2.24, 2.45) is 5.73 Å². The van der Waals surface area contributed by atoms with E-state index in [9.17, 15) is 17.6 Å². The summed E-state index contributed by atoms with van der Waals surface area (Å²) in [7, 11) is 0. The molecule has 0 saturated heterocycles. The number of nitrogens with zero attached hydrogens (tertiary/aromatic N) is 1. The molecule has 3 nitrogen and oxygen atoms in total. The molecule has 0 bridgehead atoms. The Morgan fingerprint density at radius 3 is 2.52 bits per heavy atom. The zero-order valence-corrected chi connectivity index (χ0v) is 11.0. The predicted molar refractivity (Wildman–Crippen MR) is 68.1 cm³/mol. The van der Waals surface area contributed by atoms with Gasteiger partial charge in [-0.25, -0.2) is 4.39 Å². The second-order valence-electron chi connectivity index (χ2n) is 4.42. The van der Waals surface area contributed by atoms with E-state index in [0.29, 0.717) is 5.56 Å². The first-order valence-corrected chi connectivity index (χ1v) is 6.00. The molecular weight excluding hydrogens is 288 g/mol. The smallest absolute Gasteiger partial charge is 0.406 e. The number of hydrogen-bond acceptors (Lipinski definition) is 3. The largest absolute Gasteiger partial charge is 0.573 e. The van der Waals surface area contributed by atoms with Crippen LogP contribution in [0, 0.1) is 12.7 Å². The van der Waals surface area contributed by atoms with E-state index in [2.05, 4.69) is 9.72 Å². The molecule has 2 N–H and O–H groups in total. The number of aryl methyl sites for hydroxylation is 1. The van der Waals surface area contributed by atoms with Gasteiger partial charge in [0.25, 0.3) is 0 Å². The van der Waals surface area contributed by atoms with E-state index < -0.39 is 18.2 Å². The minimum absolute atomic E-state index is 0.0291. The van der Waals surface area contributed by atoms with E-state index in [4.69, 9.17) is 5.73 Å². The number of halogens is 4. The topological polar surface area (TPSA) is 48.1 Å². The van der Waals surface area contributed by atoms with E-state index in [-0.39, 0.29) is 17.0 Å². The summed E-state index contributed by atoms with van der Waals surface area (Å²) in [5, 5.41) is 0. The van der Waals surface area contributed by atoms with Gasteiger partial charge in [0.15, 0.2) is 0 Å². The van der Waals surface area contributed by atoms with Gasteiger partial charge in [0.1, 0.15) is 11.6 Å². The molecule has 0 unspecified atom stereocenters. The van der Waals surface area contributed by atoms with E-state index in [1.165, 1.54) is 37.4 Å². The fourth-order valence-corrected chi connectivity index (χ4v) is 1.89. The zero-order valence-electron chi connectivity index (χ0n) is 11.0. The van der Waals surface area contributed by atoms with Crippen LogP contribution in [0.3, 0.4) is 0 Å². The summed E-state index contributed by atoms with van der Waals surface area (Å²) in [6.45, 7) is 1.45. The number of rotatable bonds is 3. The molecule has 0 saturated carbocycles. The maximum atomic E-state index is 13.6. The van der Waals surface area contributed by atoms with Crippen LogP contribution in [0.4, 0.5) is 17.6 Å². The normalized spacial score (nSPS) is 13.0. The Bertz CT molecular complexity index is 643. The van der Waals surface area contributed by atoms with Crippen LogP contribution in [0.1, 0.15) is 22.9 Å². The number of pyridine rings is 1. The maximum absolute atomic E-state index is 13.6. The van der Waals surface area contributed by atoms with Gasteiger partial charge in [-0.3, -0.25) is 4.98 Å². The molecule has 0 aliphatic heterocycles. The predicted octanol–water partition coefficient (Wildman–Crippen LogP) is 3.48. The summed E-state index contributed by atoms with van der Waals surface area (Å²) < 4.78 is 54.1. The van der Waals surface area contributed by atoms with Gasteiger partial charge in [0, 0.05) is 6.20 Å². The minimum atomic E-state index is -4.76. The van der Waals surface area contributed by atoms with E-state index in [1.54, 1.807) is 0 Å². The highest BCUT2D eigenvalue weighted by Crippen LogP contribution is 2.29. The molecule has 1 heterocycles. The van der Waals surface area contributed by atoms with Gasteiger partial charge in [-0.15, -0.1) is 13.2 Å². The van der Waals surface area contributed by atoms with Crippen molar-refractivity contribution < 1.29 is 22.3 Å². The average Bonchev–Trinajstić information content (AvgIpc) is 2.39. The number of nitrogens with two attached hydrogens (primary N) is 1. The first-order chi connectivity index (χ1) is 9.78. The fraction of sp³-hybridized carbons (Fsp3) is 0.214. The van der Waals surface area contributed by atoms with Gasteiger partial charge in [-0.05, 0) is 36.2 Å². The van der Waals surface area contributed by atoms with Crippen molar-refractivity contribution in [3.8, 4) is 5.75 Å². The fourth-order valence-electron chi connectivity index (χ4n) is 1.89. The molecule has 2 rings (SSSR count). The Labute approximate surface area is 118 Å². The van der Waals surface area contributed by atoms with Gasteiger partial charge in [0.2, 0.25) is 0 Å². The second-order valence-corrected chi connectivity index (χ2v) is 4.42. The molecule has 0 spiro atoms. The first kappa shape index (κ1) is 15.2. The second kappa shape index (κ2) is 5.69. The highest BCUT2D eigenvalue weighted by atomic mass is 19.4. The Balaban J connectivity index is 2.30. The highest BCUT2D eigenvalue weighted by molar-refractivity contribution is 5.39. The first-order valence-electron chi connectivity index (χ1n) is 6.00. The SMILES string of the molecule is Cc1cc([C@H](N)c2ncccc2F)ccc1OC(F)(F)F. The quantitative estimate of drug-likeness (QED) is 0.883. The summed E-state index contributed by atoms with van der Waals surface area (Å²) in [6, 6.07) is 5.70. The lowest BCUT2D eigenvalue weighted by atomic mass is 10.0. The minimum Gasteiger partial charge on any atom is -0.406 e. The van der Waals surface area contributed by atoms with E-state index in [1.807, 2.05) is 0 Å². The van der Waals surface area contributed by atoms with Crippen LogP contribution in [-0.2, 0) is 0 Å². The Hall–Kier alpha value is -2.15. The lowest BCUT2D eigenvalue weighted by Crippen LogP contribution is -2.19. The number of benzene rings is 1. The molecule has 7 heteroatoms. The number of aromatic nitrogens is 1. The van der Waals surface area contributed by atoms with Gasteiger partial charge < -0.3 is 10.5 Å². The summed E-state index contributed by atoms with van der Waals surface area (Å²) in [5.74, 6) is -0.891. The molecule has 1 aromatic carbocycles. The number of alkyl halides is 3. The maximum Gasteiger partial charge on any atom is 0.573 e. The Morgan fingerprint density at radius 2 is 1.95 bits per heavy atom. The van der Waals surface area contributed by atoms with Crippen LogP contribution in [0.25, 0.3) is 0 Å². The molecule has 0 fully saturated rings. The van der Waals surface area contributed by atoms with Crippen molar-refractivity contribution in [3.05, 3.63) is 59.2 Å². The van der Waals surface area contributed by atoms with Crippen LogP contribution in [0.5, 0.6) is 5.75 Å². The molecule has 21 heavy (non-hydrogen) atoms. The van der Waals surface area contributed by atoms with Gasteiger partial charge in [-0.1, -0.05) is 12.1 Å². The molecule has 1 atom stereocenters. The third-order valence-corrected chi connectivity index (χ3v) is 2.87. The number of ether oxygens (including phenoxy) is 1. The van der Waals surface area contributed by atoms with Crippen molar-refractivity contribution >= 4 is 0 Å². The summed E-state index contributed by atoms with van der Waals surface area (Å²) in [6.07, 6.45) is -3.37. The van der Waals surface area contributed by atoms with Crippen LogP contribution < -0.4 is 10.5 Å². The summed E-state index contributed by atoms with van der Waals surface area (Å²) in [4.78, 5) is 3.85. The summed E-state index contributed by atoms with van der Waals surface area (Å²) in [5.41, 5.74) is 6.62. The lowest BCUT2D eigenvalue weighted by molar-refractivity contribution is -0.274. The van der Waals surface area contributed by atoms with Crippen molar-refractivity contribution in [3.63, 3.8) is 0 Å². The van der Waals surface area contributed by atoms with Crippen LogP contribution >= 0.6 is 0 Å². The van der Waals surface area contributed by atoms with Crippen molar-refractivity contribution in [1.82, 2.24) is 4.98 Å². The van der Waals surface area contributed by atoms with Crippen molar-refractivity contribution in [2.75, 3.05) is 0 Å². The van der Waals surface area contributed by atoms with Crippen molar-refractivity contribution in [1.29, 1.82) is 0 Å². The monoisotopic (exact) mass is 300 g/mol. The average molecular weight is 300 g/mol. The van der Waals surface area contributed by atoms with E-state index >= 15 is 0 Å². The third kappa shape index (κ3) is 3.69. The molecule has 112 valence electrons. The van der Waals surface area contributed by atoms with Crippen LogP contribution in [0.2, 0.25) is 0 Å². The van der Waals surface area contributed by atoms with E-state index in [0.717, 1.165) is 6.07 Å². The van der Waals surface area contributed by atoms with Crippen molar-refractivity contribution in [2.45, 2.75) is 19.3 Å². The standard InChI is InChI=1S/C14H12F4N2O/c1-8-7-9(4-5-11(8)21-14(16,17)18)12(19)13-10(15)3-2-6-20-13/h2-7,12H,19H2,1H3/t12-/m0/s1.